The molecule has 17 heavy (non-hydrogen) atoms. The number of ether oxygens (including phenoxy) is 1. The minimum atomic E-state index is 0.181. The van der Waals surface area contributed by atoms with Gasteiger partial charge in [0, 0.05) is 25.8 Å². The summed E-state index contributed by atoms with van der Waals surface area (Å²) >= 11 is 0. The Labute approximate surface area is 107 Å². The van der Waals surface area contributed by atoms with Crippen molar-refractivity contribution in [2.75, 3.05) is 20.3 Å². The third-order valence-corrected chi connectivity index (χ3v) is 3.15. The van der Waals surface area contributed by atoms with Gasteiger partial charge in [-0.2, -0.15) is 0 Å². The van der Waals surface area contributed by atoms with Crippen molar-refractivity contribution in [1.82, 2.24) is 5.32 Å². The molecule has 0 aromatic carbocycles. The van der Waals surface area contributed by atoms with Crippen LogP contribution in [0.1, 0.15) is 58.8 Å². The normalized spacial score (nSPS) is 14.8. The smallest absolute Gasteiger partial charge is 0.0585 e. The topological polar surface area (TPSA) is 41.5 Å². The summed E-state index contributed by atoms with van der Waals surface area (Å²) in [5, 5.41) is 12.7. The van der Waals surface area contributed by atoms with Gasteiger partial charge < -0.3 is 15.2 Å². The fraction of sp³-hybridized carbons (Fsp3) is 1.00. The van der Waals surface area contributed by atoms with E-state index in [4.69, 9.17) is 4.74 Å². The maximum Gasteiger partial charge on any atom is 0.0585 e. The van der Waals surface area contributed by atoms with E-state index < -0.39 is 0 Å². The van der Waals surface area contributed by atoms with Crippen LogP contribution in [0.15, 0.2) is 0 Å². The Hall–Kier alpha value is -0.120. The molecule has 2 unspecified atom stereocenters. The van der Waals surface area contributed by atoms with Crippen molar-refractivity contribution in [3.8, 4) is 0 Å². The number of hydrogen-bond donors (Lipinski definition) is 2. The molecule has 2 atom stereocenters. The molecule has 0 heterocycles. The molecule has 0 bridgehead atoms. The zero-order chi connectivity index (χ0) is 12.9. The number of hydrogen-bond acceptors (Lipinski definition) is 3. The van der Waals surface area contributed by atoms with Crippen molar-refractivity contribution in [2.45, 2.75) is 70.9 Å². The van der Waals surface area contributed by atoms with Gasteiger partial charge in [0.1, 0.15) is 0 Å². The van der Waals surface area contributed by atoms with Crippen LogP contribution in [0.2, 0.25) is 0 Å². The first-order valence-electron chi connectivity index (χ1n) is 7.10. The van der Waals surface area contributed by atoms with E-state index in [1.54, 1.807) is 7.11 Å². The third-order valence-electron chi connectivity index (χ3n) is 3.15. The largest absolute Gasteiger partial charge is 0.395 e. The number of aliphatic hydroxyl groups excluding tert-OH is 1. The Morgan fingerprint density at radius 1 is 1.12 bits per heavy atom. The van der Waals surface area contributed by atoms with E-state index in [-0.39, 0.29) is 12.6 Å². The first-order valence-corrected chi connectivity index (χ1v) is 7.10. The van der Waals surface area contributed by atoms with Gasteiger partial charge in [-0.25, -0.2) is 0 Å². The highest BCUT2D eigenvalue weighted by atomic mass is 16.5. The van der Waals surface area contributed by atoms with Gasteiger partial charge in [-0.05, 0) is 19.8 Å². The highest BCUT2D eigenvalue weighted by Crippen LogP contribution is 2.08. The summed E-state index contributed by atoms with van der Waals surface area (Å²) in [6.07, 6.45) is 8.72. The van der Waals surface area contributed by atoms with E-state index in [0.717, 1.165) is 6.42 Å². The van der Waals surface area contributed by atoms with Gasteiger partial charge >= 0.3 is 0 Å². The van der Waals surface area contributed by atoms with Crippen LogP contribution in [-0.2, 0) is 4.74 Å². The number of methoxy groups -OCH3 is 1. The molecule has 0 aromatic rings. The lowest BCUT2D eigenvalue weighted by Gasteiger charge is -2.21. The highest BCUT2D eigenvalue weighted by Gasteiger charge is 2.10. The third kappa shape index (κ3) is 10.7. The summed E-state index contributed by atoms with van der Waals surface area (Å²) in [4.78, 5) is 0. The van der Waals surface area contributed by atoms with Crippen molar-refractivity contribution >= 4 is 0 Å². The SMILES string of the molecule is CCCCCCCC(C)NC(CO)CCOC. The van der Waals surface area contributed by atoms with Crippen molar-refractivity contribution in [3.05, 3.63) is 0 Å². The van der Waals surface area contributed by atoms with E-state index in [2.05, 4.69) is 19.2 Å². The molecule has 0 fully saturated rings. The Kier molecular flexibility index (Phi) is 12.3. The highest BCUT2D eigenvalue weighted by molar-refractivity contribution is 4.70. The van der Waals surface area contributed by atoms with Crippen LogP contribution < -0.4 is 5.32 Å². The fourth-order valence-corrected chi connectivity index (χ4v) is 2.03. The van der Waals surface area contributed by atoms with E-state index in [1.807, 2.05) is 0 Å². The van der Waals surface area contributed by atoms with Crippen molar-refractivity contribution < 1.29 is 9.84 Å². The van der Waals surface area contributed by atoms with Crippen LogP contribution in [-0.4, -0.2) is 37.5 Å². The molecule has 0 saturated heterocycles. The molecule has 0 amide bonds. The van der Waals surface area contributed by atoms with Crippen LogP contribution in [0.3, 0.4) is 0 Å². The molecule has 3 nitrogen and oxygen atoms in total. The Morgan fingerprint density at radius 2 is 1.82 bits per heavy atom. The zero-order valence-corrected chi connectivity index (χ0v) is 11.9. The molecule has 0 saturated carbocycles. The van der Waals surface area contributed by atoms with E-state index in [1.165, 1.54) is 38.5 Å². The van der Waals surface area contributed by atoms with Crippen LogP contribution in [0.25, 0.3) is 0 Å². The predicted molar refractivity (Wildman–Crippen MR) is 73.3 cm³/mol. The van der Waals surface area contributed by atoms with Gasteiger partial charge in [-0.3, -0.25) is 0 Å². The molecule has 0 aliphatic rings. The van der Waals surface area contributed by atoms with Crippen molar-refractivity contribution in [3.63, 3.8) is 0 Å². The van der Waals surface area contributed by atoms with Gasteiger partial charge in [0.2, 0.25) is 0 Å². The van der Waals surface area contributed by atoms with Crippen LogP contribution >= 0.6 is 0 Å². The maximum absolute atomic E-state index is 9.23. The second-order valence-electron chi connectivity index (χ2n) is 4.93. The minimum absolute atomic E-state index is 0.181. The average molecular weight is 245 g/mol. The summed E-state index contributed by atoms with van der Waals surface area (Å²) in [6.45, 7) is 5.35. The average Bonchev–Trinajstić information content (AvgIpc) is 2.34. The zero-order valence-electron chi connectivity index (χ0n) is 11.9. The van der Waals surface area contributed by atoms with Gasteiger partial charge in [0.05, 0.1) is 6.61 Å². The van der Waals surface area contributed by atoms with Crippen molar-refractivity contribution in [2.24, 2.45) is 0 Å². The molecule has 104 valence electrons. The lowest BCUT2D eigenvalue weighted by atomic mass is 10.1. The first-order chi connectivity index (χ1) is 8.24. The van der Waals surface area contributed by atoms with Crippen molar-refractivity contribution in [1.29, 1.82) is 0 Å². The molecule has 0 spiro atoms. The lowest BCUT2D eigenvalue weighted by molar-refractivity contribution is 0.155. The summed E-state index contributed by atoms with van der Waals surface area (Å²) in [7, 11) is 1.70. The first kappa shape index (κ1) is 16.9. The van der Waals surface area contributed by atoms with E-state index >= 15 is 0 Å². The molecular formula is C14H31NO2. The monoisotopic (exact) mass is 245 g/mol. The number of nitrogens with one attached hydrogen (secondary N) is 1. The standard InChI is InChI=1S/C14H31NO2/c1-4-5-6-7-8-9-13(2)15-14(12-16)10-11-17-3/h13-16H,4-12H2,1-3H3. The fourth-order valence-electron chi connectivity index (χ4n) is 2.03. The van der Waals surface area contributed by atoms with Crippen LogP contribution in [0, 0.1) is 0 Å². The molecule has 0 aliphatic heterocycles. The predicted octanol–water partition coefficient (Wildman–Crippen LogP) is 2.72. The van der Waals surface area contributed by atoms with Gasteiger partial charge in [-0.15, -0.1) is 0 Å². The maximum atomic E-state index is 9.23. The van der Waals surface area contributed by atoms with Gasteiger partial charge in [0.25, 0.3) is 0 Å². The van der Waals surface area contributed by atoms with Crippen LogP contribution in [0.5, 0.6) is 0 Å². The second-order valence-corrected chi connectivity index (χ2v) is 4.93. The molecule has 2 N–H and O–H groups in total. The number of aliphatic hydroxyl groups is 1. The molecule has 3 heteroatoms. The number of unbranched alkanes of at least 4 members (excludes halogenated alkanes) is 4. The van der Waals surface area contributed by atoms with E-state index in [0.29, 0.717) is 12.6 Å². The summed E-state index contributed by atoms with van der Waals surface area (Å²) in [5.74, 6) is 0. The van der Waals surface area contributed by atoms with Gasteiger partial charge in [0.15, 0.2) is 0 Å². The molecule has 0 aliphatic carbocycles. The van der Waals surface area contributed by atoms with Crippen LogP contribution in [0.4, 0.5) is 0 Å². The summed E-state index contributed by atoms with van der Waals surface area (Å²) in [6, 6.07) is 0.672. The summed E-state index contributed by atoms with van der Waals surface area (Å²) in [5.41, 5.74) is 0. The molecule has 0 radical (unpaired) electrons. The Balaban J connectivity index is 3.49. The molecule has 0 rings (SSSR count). The Morgan fingerprint density at radius 3 is 2.41 bits per heavy atom. The second kappa shape index (κ2) is 12.3. The summed E-state index contributed by atoms with van der Waals surface area (Å²) < 4.78 is 5.03. The van der Waals surface area contributed by atoms with E-state index in [9.17, 15) is 5.11 Å². The molecular weight excluding hydrogens is 214 g/mol. The lowest BCUT2D eigenvalue weighted by Crippen LogP contribution is -2.39. The number of rotatable bonds is 12. The minimum Gasteiger partial charge on any atom is -0.395 e. The Bertz CT molecular complexity index is 153. The quantitative estimate of drug-likeness (QED) is 0.519. The molecule has 0 aromatic heterocycles. The van der Waals surface area contributed by atoms with Gasteiger partial charge in [-0.1, -0.05) is 39.0 Å².